The maximum atomic E-state index is 13.0. The highest BCUT2D eigenvalue weighted by Crippen LogP contribution is 2.45. The molecule has 0 spiro atoms. The predicted molar refractivity (Wildman–Crippen MR) is 372 cm³/mol. The lowest BCUT2D eigenvalue weighted by Gasteiger charge is -2.21. The number of phosphoric ester groups is 2. The van der Waals surface area contributed by atoms with Crippen molar-refractivity contribution in [3.8, 4) is 0 Å². The smallest absolute Gasteiger partial charge is 0.462 e. The van der Waals surface area contributed by atoms with E-state index in [0.717, 1.165) is 96.3 Å². The van der Waals surface area contributed by atoms with Crippen molar-refractivity contribution in [1.82, 2.24) is 0 Å². The number of aliphatic hydroxyl groups excluding tert-OH is 1. The maximum absolute atomic E-state index is 13.0. The quantitative estimate of drug-likeness (QED) is 0.0222. The Hall–Kier alpha value is -1.94. The van der Waals surface area contributed by atoms with E-state index in [1.807, 2.05) is 0 Å². The number of aliphatic hydroxyl groups is 1. The van der Waals surface area contributed by atoms with E-state index in [4.69, 9.17) is 37.0 Å². The molecule has 3 N–H and O–H groups in total. The van der Waals surface area contributed by atoms with Gasteiger partial charge in [0.15, 0.2) is 12.2 Å². The van der Waals surface area contributed by atoms with Gasteiger partial charge < -0.3 is 33.8 Å². The SMILES string of the molecule is CCCCCCCCCCCCCCCCCCCCCCCC(=O)O[C@H](COC(=O)CCCCCCCCCCCCCC)COP(=O)(O)OC[C@@H](O)COP(=O)(O)OC[C@@H](COC(=O)CCCCCCCCC(C)C)OC(=O)CCCCCCCCCC(C)C. The van der Waals surface area contributed by atoms with E-state index < -0.39 is 97.5 Å². The van der Waals surface area contributed by atoms with Gasteiger partial charge >= 0.3 is 39.5 Å². The van der Waals surface area contributed by atoms with Gasteiger partial charge in [-0.25, -0.2) is 9.13 Å². The van der Waals surface area contributed by atoms with Crippen LogP contribution in [0.3, 0.4) is 0 Å². The lowest BCUT2D eigenvalue weighted by Crippen LogP contribution is -2.30. The van der Waals surface area contributed by atoms with Gasteiger partial charge in [0.05, 0.1) is 26.4 Å². The van der Waals surface area contributed by atoms with Crippen LogP contribution < -0.4 is 0 Å². The molecule has 0 fully saturated rings. The van der Waals surface area contributed by atoms with Gasteiger partial charge in [0.2, 0.25) is 0 Å². The molecule has 0 saturated heterocycles. The maximum Gasteiger partial charge on any atom is 0.472 e. The number of esters is 4. The van der Waals surface area contributed by atoms with E-state index in [1.165, 1.54) is 186 Å². The molecule has 0 radical (unpaired) electrons. The second-order valence-electron chi connectivity index (χ2n) is 27.3. The summed E-state index contributed by atoms with van der Waals surface area (Å²) in [5.41, 5.74) is 0. The van der Waals surface area contributed by atoms with Crippen LogP contribution in [0.25, 0.3) is 0 Å². The Morgan fingerprint density at radius 3 is 0.739 bits per heavy atom. The molecule has 0 aromatic carbocycles. The van der Waals surface area contributed by atoms with Crippen molar-refractivity contribution in [2.24, 2.45) is 11.8 Å². The zero-order valence-corrected chi connectivity index (χ0v) is 61.6. The first-order valence-electron chi connectivity index (χ1n) is 38.0. The first kappa shape index (κ1) is 90.1. The zero-order valence-electron chi connectivity index (χ0n) is 59.9. The molecule has 0 aliphatic carbocycles. The lowest BCUT2D eigenvalue weighted by molar-refractivity contribution is -0.161. The predicted octanol–water partition coefficient (Wildman–Crippen LogP) is 21.2. The largest absolute Gasteiger partial charge is 0.472 e. The summed E-state index contributed by atoms with van der Waals surface area (Å²) >= 11 is 0. The third kappa shape index (κ3) is 66.7. The fourth-order valence-electron chi connectivity index (χ4n) is 11.1. The van der Waals surface area contributed by atoms with Crippen molar-refractivity contribution in [1.29, 1.82) is 0 Å². The van der Waals surface area contributed by atoms with Crippen LogP contribution in [0.5, 0.6) is 0 Å². The molecule has 92 heavy (non-hydrogen) atoms. The van der Waals surface area contributed by atoms with Crippen molar-refractivity contribution >= 4 is 39.5 Å². The Kier molecular flexibility index (Phi) is 63.7. The number of carbonyl (C=O) groups is 4. The molecule has 0 rings (SSSR count). The fraction of sp³-hybridized carbons (Fsp3) is 0.945. The molecule has 0 bridgehead atoms. The minimum absolute atomic E-state index is 0.103. The second-order valence-corrected chi connectivity index (χ2v) is 30.2. The molecule has 0 aliphatic heterocycles. The molecular weight excluding hydrogens is 1210 g/mol. The van der Waals surface area contributed by atoms with Gasteiger partial charge in [-0.3, -0.25) is 37.3 Å². The van der Waals surface area contributed by atoms with Gasteiger partial charge in [0.25, 0.3) is 0 Å². The fourth-order valence-corrected chi connectivity index (χ4v) is 12.7. The van der Waals surface area contributed by atoms with Gasteiger partial charge in [-0.2, -0.15) is 0 Å². The molecule has 0 heterocycles. The van der Waals surface area contributed by atoms with Crippen molar-refractivity contribution in [2.45, 2.75) is 394 Å². The second kappa shape index (κ2) is 65.0. The molecule has 5 atom stereocenters. The highest BCUT2D eigenvalue weighted by Gasteiger charge is 2.30. The number of unbranched alkanes of at least 4 members (excludes halogenated alkanes) is 42. The number of hydrogen-bond donors (Lipinski definition) is 3. The van der Waals surface area contributed by atoms with Crippen LogP contribution in [0.2, 0.25) is 0 Å². The molecule has 19 heteroatoms. The van der Waals surface area contributed by atoms with Crippen molar-refractivity contribution < 1.29 is 80.2 Å². The number of phosphoric acid groups is 2. The Bertz CT molecular complexity index is 1790. The summed E-state index contributed by atoms with van der Waals surface area (Å²) in [6.07, 6.45) is 51.8. The average molecular weight is 1350 g/mol. The molecule has 0 amide bonds. The molecule has 0 aromatic heterocycles. The van der Waals surface area contributed by atoms with Crippen LogP contribution in [0.1, 0.15) is 375 Å². The van der Waals surface area contributed by atoms with E-state index in [9.17, 15) is 43.2 Å². The zero-order chi connectivity index (χ0) is 67.9. The first-order valence-corrected chi connectivity index (χ1v) is 41.0. The third-order valence-corrected chi connectivity index (χ3v) is 18.9. The van der Waals surface area contributed by atoms with Crippen LogP contribution in [0, 0.1) is 11.8 Å². The van der Waals surface area contributed by atoms with Crippen LogP contribution in [-0.2, 0) is 65.4 Å². The van der Waals surface area contributed by atoms with Gasteiger partial charge in [-0.1, -0.05) is 324 Å². The molecular formula is C73H142O17P2. The molecule has 17 nitrogen and oxygen atoms in total. The van der Waals surface area contributed by atoms with E-state index in [1.54, 1.807) is 0 Å². The summed E-state index contributed by atoms with van der Waals surface area (Å²) in [6, 6.07) is 0. The highest BCUT2D eigenvalue weighted by molar-refractivity contribution is 7.47. The third-order valence-electron chi connectivity index (χ3n) is 17.0. The highest BCUT2D eigenvalue weighted by atomic mass is 31.2. The van der Waals surface area contributed by atoms with E-state index in [2.05, 4.69) is 41.5 Å². The van der Waals surface area contributed by atoms with Crippen molar-refractivity contribution in [3.63, 3.8) is 0 Å². The standard InChI is InChI=1S/C73H142O17P2/c1-7-9-11-13-15-17-19-21-22-23-24-25-26-27-28-29-31-33-37-45-51-57-72(77)89-68(61-83-70(75)55-49-43-36-32-30-20-18-16-14-12-10-8-2)63-87-91(79,80)85-59-67(74)60-86-92(81,82)88-64-69(62-84-71(76)56-50-44-40-39-42-48-54-66(5)6)90-73(78)58-52-46-38-34-35-41-47-53-65(3)4/h65-69,74H,7-64H2,1-6H3,(H,79,80)(H,81,82)/t67-,68-,69-/m1/s1. The number of hydrogen-bond acceptors (Lipinski definition) is 15. The van der Waals surface area contributed by atoms with Crippen LogP contribution >= 0.6 is 15.6 Å². The molecule has 546 valence electrons. The van der Waals surface area contributed by atoms with Crippen molar-refractivity contribution in [3.05, 3.63) is 0 Å². The Morgan fingerprint density at radius 2 is 0.500 bits per heavy atom. The summed E-state index contributed by atoms with van der Waals surface area (Å²) < 4.78 is 68.3. The molecule has 0 aromatic rings. The summed E-state index contributed by atoms with van der Waals surface area (Å²) in [7, 11) is -9.90. The molecule has 2 unspecified atom stereocenters. The number of rotatable bonds is 72. The normalized spacial score (nSPS) is 14.1. The van der Waals surface area contributed by atoms with Crippen LogP contribution in [0.4, 0.5) is 0 Å². The molecule has 0 saturated carbocycles. The van der Waals surface area contributed by atoms with Crippen LogP contribution in [-0.4, -0.2) is 96.7 Å². The number of carbonyl (C=O) groups excluding carboxylic acids is 4. The minimum Gasteiger partial charge on any atom is -0.462 e. The monoisotopic (exact) mass is 1350 g/mol. The Morgan fingerprint density at radius 1 is 0.293 bits per heavy atom. The first-order chi connectivity index (χ1) is 44.4. The minimum atomic E-state index is -4.95. The van der Waals surface area contributed by atoms with Crippen LogP contribution in [0.15, 0.2) is 0 Å². The summed E-state index contributed by atoms with van der Waals surface area (Å²) in [5.74, 6) is -0.750. The van der Waals surface area contributed by atoms with E-state index >= 15 is 0 Å². The van der Waals surface area contributed by atoms with Crippen molar-refractivity contribution in [2.75, 3.05) is 39.6 Å². The van der Waals surface area contributed by atoms with Gasteiger partial charge in [0.1, 0.15) is 19.3 Å². The van der Waals surface area contributed by atoms with Gasteiger partial charge in [-0.15, -0.1) is 0 Å². The molecule has 0 aliphatic rings. The Balaban J connectivity index is 5.16. The number of ether oxygens (including phenoxy) is 4. The Labute approximate surface area is 562 Å². The lowest BCUT2D eigenvalue weighted by atomic mass is 10.0. The summed E-state index contributed by atoms with van der Waals surface area (Å²) in [4.78, 5) is 72.5. The van der Waals surface area contributed by atoms with Gasteiger partial charge in [-0.05, 0) is 37.5 Å². The van der Waals surface area contributed by atoms with Gasteiger partial charge in [0, 0.05) is 25.7 Å². The average Bonchev–Trinajstić information content (AvgIpc) is 1.46. The van der Waals surface area contributed by atoms with E-state index in [0.29, 0.717) is 37.5 Å². The topological polar surface area (TPSA) is 237 Å². The summed E-state index contributed by atoms with van der Waals surface area (Å²) in [5, 5.41) is 10.6. The van der Waals surface area contributed by atoms with E-state index in [-0.39, 0.29) is 25.7 Å². The summed E-state index contributed by atoms with van der Waals surface area (Å²) in [6.45, 7) is 9.41.